The maximum Gasteiger partial charge on any atom is 0.321 e. The quantitative estimate of drug-likeness (QED) is 0.668. The van der Waals surface area contributed by atoms with E-state index < -0.39 is 34.0 Å². The summed E-state index contributed by atoms with van der Waals surface area (Å²) in [5, 5.41) is 4.24. The fourth-order valence-corrected chi connectivity index (χ4v) is 4.29. The summed E-state index contributed by atoms with van der Waals surface area (Å²) in [6.45, 7) is 2.39. The lowest BCUT2D eigenvalue weighted by atomic mass is 10.1. The summed E-state index contributed by atoms with van der Waals surface area (Å²) < 4.78 is 31.7. The minimum atomic E-state index is -3.53. The van der Waals surface area contributed by atoms with Crippen LogP contribution in [-0.2, 0) is 30.8 Å². The molecule has 1 aliphatic heterocycles. The highest BCUT2D eigenvalue weighted by atomic mass is 32.2. The minimum absolute atomic E-state index is 0.123. The van der Waals surface area contributed by atoms with Crippen molar-refractivity contribution in [2.75, 3.05) is 20.1 Å². The van der Waals surface area contributed by atoms with Crippen LogP contribution in [-0.4, -0.2) is 56.9 Å². The van der Waals surface area contributed by atoms with Crippen LogP contribution in [0.25, 0.3) is 0 Å². The summed E-state index contributed by atoms with van der Waals surface area (Å²) in [5.74, 6) is -1.40. The summed E-state index contributed by atoms with van der Waals surface area (Å²) >= 11 is 0. The van der Waals surface area contributed by atoms with E-state index in [2.05, 4.69) is 5.32 Å². The average molecular weight is 411 g/mol. The van der Waals surface area contributed by atoms with Gasteiger partial charge in [-0.25, -0.2) is 13.2 Å². The molecule has 2 rings (SSSR count). The van der Waals surface area contributed by atoms with E-state index in [1.165, 1.54) is 30.4 Å². The lowest BCUT2D eigenvalue weighted by molar-refractivity contribution is -0.153. The first-order valence-corrected chi connectivity index (χ1v) is 10.5. The van der Waals surface area contributed by atoms with Gasteiger partial charge in [-0.05, 0) is 37.5 Å². The third-order valence-corrected chi connectivity index (χ3v) is 6.28. The van der Waals surface area contributed by atoms with Crippen molar-refractivity contribution in [3.63, 3.8) is 0 Å². The molecule has 9 nitrogen and oxygen atoms in total. The van der Waals surface area contributed by atoms with Gasteiger partial charge in [0.1, 0.15) is 0 Å². The Morgan fingerprint density at radius 1 is 1.11 bits per heavy atom. The number of imide groups is 1. The van der Waals surface area contributed by atoms with Gasteiger partial charge in [0.15, 0.2) is 6.10 Å². The second kappa shape index (κ2) is 9.65. The summed E-state index contributed by atoms with van der Waals surface area (Å²) in [5.41, 5.74) is 0.557. The zero-order chi connectivity index (χ0) is 20.7. The third kappa shape index (κ3) is 5.77. The molecule has 0 aliphatic carbocycles. The Morgan fingerprint density at radius 2 is 1.71 bits per heavy atom. The second-order valence-corrected chi connectivity index (χ2v) is 8.42. The molecule has 0 aromatic heterocycles. The van der Waals surface area contributed by atoms with Crippen LogP contribution in [0.2, 0.25) is 0 Å². The van der Waals surface area contributed by atoms with E-state index in [4.69, 9.17) is 4.74 Å². The van der Waals surface area contributed by atoms with Gasteiger partial charge in [-0.3, -0.25) is 14.9 Å². The molecule has 0 unspecified atom stereocenters. The van der Waals surface area contributed by atoms with Gasteiger partial charge in [-0.15, -0.1) is 0 Å². The molecule has 1 aromatic carbocycles. The van der Waals surface area contributed by atoms with Crippen molar-refractivity contribution in [3.05, 3.63) is 29.8 Å². The van der Waals surface area contributed by atoms with Gasteiger partial charge >= 0.3 is 12.0 Å². The smallest absolute Gasteiger partial charge is 0.321 e. The van der Waals surface area contributed by atoms with E-state index in [1.54, 1.807) is 12.1 Å². The lowest BCUT2D eigenvalue weighted by Crippen LogP contribution is -2.43. The number of rotatable bonds is 6. The topological polar surface area (TPSA) is 122 Å². The molecule has 1 fully saturated rings. The number of piperidine rings is 1. The van der Waals surface area contributed by atoms with Crippen LogP contribution < -0.4 is 10.6 Å². The molecule has 28 heavy (non-hydrogen) atoms. The number of hydrogen-bond acceptors (Lipinski definition) is 6. The molecule has 0 saturated carbocycles. The molecule has 154 valence electrons. The van der Waals surface area contributed by atoms with Crippen LogP contribution in [0.1, 0.15) is 31.7 Å². The molecule has 0 bridgehead atoms. The standard InChI is InChI=1S/C18H25N3O6S/c1-13(17(23)20-18(24)19-2)27-16(22)12-14-6-8-15(9-7-14)28(25,26)21-10-4-3-5-11-21/h6-9,13H,3-5,10-12H2,1-2H3,(H2,19,20,23,24)/t13-/m1/s1. The molecule has 0 spiro atoms. The van der Waals surface area contributed by atoms with E-state index in [-0.39, 0.29) is 11.3 Å². The van der Waals surface area contributed by atoms with Gasteiger partial charge in [0.25, 0.3) is 5.91 Å². The minimum Gasteiger partial charge on any atom is -0.452 e. The SMILES string of the molecule is CNC(=O)NC(=O)[C@@H](C)OC(=O)Cc1ccc(S(=O)(=O)N2CCCCC2)cc1. The van der Waals surface area contributed by atoms with Crippen LogP contribution in [0.3, 0.4) is 0 Å². The Bertz CT molecular complexity index is 816. The van der Waals surface area contributed by atoms with E-state index in [0.717, 1.165) is 19.3 Å². The van der Waals surface area contributed by atoms with E-state index in [9.17, 15) is 22.8 Å². The number of nitrogens with one attached hydrogen (secondary N) is 2. The van der Waals surface area contributed by atoms with Crippen molar-refractivity contribution in [3.8, 4) is 0 Å². The molecule has 10 heteroatoms. The zero-order valence-electron chi connectivity index (χ0n) is 15.9. The van der Waals surface area contributed by atoms with Crippen LogP contribution in [0.4, 0.5) is 4.79 Å². The van der Waals surface area contributed by atoms with E-state index in [1.807, 2.05) is 5.32 Å². The van der Waals surface area contributed by atoms with Crippen molar-refractivity contribution in [1.82, 2.24) is 14.9 Å². The maximum absolute atomic E-state index is 12.6. The van der Waals surface area contributed by atoms with Gasteiger partial charge in [-0.1, -0.05) is 18.6 Å². The van der Waals surface area contributed by atoms with Crippen molar-refractivity contribution >= 4 is 27.9 Å². The van der Waals surface area contributed by atoms with Crippen molar-refractivity contribution in [2.45, 2.75) is 43.6 Å². The number of urea groups is 1. The predicted molar refractivity (Wildman–Crippen MR) is 101 cm³/mol. The molecule has 1 aromatic rings. The summed E-state index contributed by atoms with van der Waals surface area (Å²) in [6.07, 6.45) is 1.49. The van der Waals surface area contributed by atoms with Crippen LogP contribution in [0.15, 0.2) is 29.2 Å². The zero-order valence-corrected chi connectivity index (χ0v) is 16.8. The third-order valence-electron chi connectivity index (χ3n) is 4.37. The summed E-state index contributed by atoms with van der Waals surface area (Å²) in [6, 6.07) is 5.34. The number of nitrogens with zero attached hydrogens (tertiary/aromatic N) is 1. The van der Waals surface area contributed by atoms with Gasteiger partial charge in [-0.2, -0.15) is 4.31 Å². The number of hydrogen-bond donors (Lipinski definition) is 2. The Hall–Kier alpha value is -2.46. The highest BCUT2D eigenvalue weighted by molar-refractivity contribution is 7.89. The summed E-state index contributed by atoms with van der Waals surface area (Å²) in [7, 11) is -2.17. The average Bonchev–Trinajstić information content (AvgIpc) is 2.68. The first-order chi connectivity index (χ1) is 13.2. The van der Waals surface area contributed by atoms with E-state index in [0.29, 0.717) is 18.7 Å². The molecule has 1 atom stereocenters. The Morgan fingerprint density at radius 3 is 2.29 bits per heavy atom. The van der Waals surface area contributed by atoms with Gasteiger partial charge in [0.05, 0.1) is 11.3 Å². The molecule has 1 heterocycles. The van der Waals surface area contributed by atoms with Crippen LogP contribution >= 0.6 is 0 Å². The Labute approximate surface area is 164 Å². The summed E-state index contributed by atoms with van der Waals surface area (Å²) in [4.78, 5) is 34.9. The van der Waals surface area contributed by atoms with Crippen LogP contribution in [0, 0.1) is 0 Å². The molecular formula is C18H25N3O6S. The fraction of sp³-hybridized carbons (Fsp3) is 0.500. The number of ether oxygens (including phenoxy) is 1. The second-order valence-electron chi connectivity index (χ2n) is 6.49. The van der Waals surface area contributed by atoms with Gasteiger partial charge in [0, 0.05) is 20.1 Å². The number of carbonyl (C=O) groups is 3. The van der Waals surface area contributed by atoms with Crippen LogP contribution in [0.5, 0.6) is 0 Å². The number of amides is 3. The maximum atomic E-state index is 12.6. The first kappa shape index (κ1) is 21.8. The number of sulfonamides is 1. The fourth-order valence-electron chi connectivity index (χ4n) is 2.77. The highest BCUT2D eigenvalue weighted by Gasteiger charge is 2.26. The molecule has 3 amide bonds. The Balaban J connectivity index is 1.93. The first-order valence-electron chi connectivity index (χ1n) is 9.05. The largest absolute Gasteiger partial charge is 0.452 e. The molecule has 1 aliphatic rings. The van der Waals surface area contributed by atoms with Crippen molar-refractivity contribution in [1.29, 1.82) is 0 Å². The number of benzene rings is 1. The monoisotopic (exact) mass is 411 g/mol. The lowest BCUT2D eigenvalue weighted by Gasteiger charge is -2.25. The van der Waals surface area contributed by atoms with Crippen molar-refractivity contribution < 1.29 is 27.5 Å². The number of carbonyl (C=O) groups excluding carboxylic acids is 3. The van der Waals surface area contributed by atoms with Gasteiger partial charge in [0.2, 0.25) is 10.0 Å². The predicted octanol–water partition coefficient (Wildman–Crippen LogP) is 0.791. The number of esters is 1. The molecule has 1 saturated heterocycles. The van der Waals surface area contributed by atoms with Crippen molar-refractivity contribution in [2.24, 2.45) is 0 Å². The Kier molecular flexibility index (Phi) is 7.53. The highest BCUT2D eigenvalue weighted by Crippen LogP contribution is 2.21. The molecule has 2 N–H and O–H groups in total. The molecular weight excluding hydrogens is 386 g/mol. The van der Waals surface area contributed by atoms with E-state index >= 15 is 0 Å². The van der Waals surface area contributed by atoms with Gasteiger partial charge < -0.3 is 10.1 Å². The normalized spacial score (nSPS) is 16.1. The molecule has 0 radical (unpaired) electrons.